The van der Waals surface area contributed by atoms with E-state index in [1.807, 2.05) is 6.07 Å². The number of benzene rings is 1. The molecule has 106 valence electrons. The molecular formula is C16H25FN2. The molecule has 3 heteroatoms. The highest BCUT2D eigenvalue weighted by atomic mass is 19.1. The SMILES string of the molecule is CC1CC(C)N(C(C)(CN)Cc2cccc(F)c2)C1. The van der Waals surface area contributed by atoms with Gasteiger partial charge in [0, 0.05) is 24.7 Å². The van der Waals surface area contributed by atoms with Gasteiger partial charge in [0.1, 0.15) is 5.82 Å². The minimum Gasteiger partial charge on any atom is -0.329 e. The molecule has 1 aliphatic rings. The monoisotopic (exact) mass is 264 g/mol. The quantitative estimate of drug-likeness (QED) is 0.906. The van der Waals surface area contributed by atoms with Crippen molar-refractivity contribution in [1.29, 1.82) is 0 Å². The highest BCUT2D eigenvalue weighted by Gasteiger charge is 2.38. The molecule has 0 amide bonds. The summed E-state index contributed by atoms with van der Waals surface area (Å²) in [6.07, 6.45) is 2.02. The van der Waals surface area contributed by atoms with Crippen LogP contribution in [-0.2, 0) is 6.42 Å². The normalized spacial score (nSPS) is 27.4. The predicted octanol–water partition coefficient (Wildman–Crippen LogP) is 2.82. The molecule has 0 bridgehead atoms. The van der Waals surface area contributed by atoms with Gasteiger partial charge in [-0.05, 0) is 50.3 Å². The van der Waals surface area contributed by atoms with Crippen LogP contribution in [0.15, 0.2) is 24.3 Å². The summed E-state index contributed by atoms with van der Waals surface area (Å²) in [6.45, 7) is 8.44. The molecule has 3 unspecified atom stereocenters. The molecule has 2 nitrogen and oxygen atoms in total. The second-order valence-corrected chi connectivity index (χ2v) is 6.35. The van der Waals surface area contributed by atoms with Crippen molar-refractivity contribution in [3.05, 3.63) is 35.6 Å². The minimum atomic E-state index is -0.167. The van der Waals surface area contributed by atoms with E-state index in [9.17, 15) is 4.39 Å². The lowest BCUT2D eigenvalue weighted by atomic mass is 9.90. The second kappa shape index (κ2) is 5.59. The first-order chi connectivity index (χ1) is 8.94. The van der Waals surface area contributed by atoms with Gasteiger partial charge in [-0.3, -0.25) is 4.90 Å². The van der Waals surface area contributed by atoms with Crippen molar-refractivity contribution in [3.63, 3.8) is 0 Å². The maximum Gasteiger partial charge on any atom is 0.123 e. The van der Waals surface area contributed by atoms with Gasteiger partial charge < -0.3 is 5.73 Å². The van der Waals surface area contributed by atoms with Crippen molar-refractivity contribution >= 4 is 0 Å². The third-order valence-electron chi connectivity index (χ3n) is 4.39. The summed E-state index contributed by atoms with van der Waals surface area (Å²) in [6, 6.07) is 7.43. The van der Waals surface area contributed by atoms with Crippen molar-refractivity contribution in [2.24, 2.45) is 11.7 Å². The Kier molecular flexibility index (Phi) is 4.26. The van der Waals surface area contributed by atoms with E-state index in [2.05, 4.69) is 25.7 Å². The van der Waals surface area contributed by atoms with Crippen molar-refractivity contribution in [2.45, 2.75) is 45.2 Å². The molecule has 0 spiro atoms. The molecule has 0 aromatic heterocycles. The van der Waals surface area contributed by atoms with Crippen LogP contribution in [0, 0.1) is 11.7 Å². The second-order valence-electron chi connectivity index (χ2n) is 6.35. The fourth-order valence-corrected chi connectivity index (χ4v) is 3.43. The molecule has 1 aromatic carbocycles. The van der Waals surface area contributed by atoms with Crippen LogP contribution in [0.5, 0.6) is 0 Å². The van der Waals surface area contributed by atoms with E-state index < -0.39 is 0 Å². The summed E-state index contributed by atoms with van der Waals surface area (Å²) in [5, 5.41) is 0. The summed E-state index contributed by atoms with van der Waals surface area (Å²) in [7, 11) is 0. The van der Waals surface area contributed by atoms with Crippen LogP contribution in [0.25, 0.3) is 0 Å². The Morgan fingerprint density at radius 1 is 1.42 bits per heavy atom. The summed E-state index contributed by atoms with van der Waals surface area (Å²) in [4.78, 5) is 2.50. The van der Waals surface area contributed by atoms with Gasteiger partial charge in [0.15, 0.2) is 0 Å². The molecule has 1 aromatic rings. The molecule has 0 aliphatic carbocycles. The van der Waals surface area contributed by atoms with Gasteiger partial charge in [-0.1, -0.05) is 19.1 Å². The van der Waals surface area contributed by atoms with E-state index in [0.29, 0.717) is 18.5 Å². The van der Waals surface area contributed by atoms with Crippen LogP contribution in [0.3, 0.4) is 0 Å². The zero-order chi connectivity index (χ0) is 14.0. The van der Waals surface area contributed by atoms with E-state index in [4.69, 9.17) is 5.73 Å². The Labute approximate surface area is 115 Å². The Morgan fingerprint density at radius 2 is 2.16 bits per heavy atom. The van der Waals surface area contributed by atoms with Crippen molar-refractivity contribution in [3.8, 4) is 0 Å². The molecule has 19 heavy (non-hydrogen) atoms. The largest absolute Gasteiger partial charge is 0.329 e. The Bertz CT molecular complexity index is 435. The summed E-state index contributed by atoms with van der Waals surface area (Å²) >= 11 is 0. The number of hydrogen-bond donors (Lipinski definition) is 1. The van der Waals surface area contributed by atoms with E-state index in [1.165, 1.54) is 12.5 Å². The molecule has 1 saturated heterocycles. The molecule has 0 radical (unpaired) electrons. The number of rotatable bonds is 4. The van der Waals surface area contributed by atoms with Gasteiger partial charge in [-0.2, -0.15) is 0 Å². The molecule has 2 rings (SSSR count). The Balaban J connectivity index is 2.18. The van der Waals surface area contributed by atoms with Gasteiger partial charge in [-0.25, -0.2) is 4.39 Å². The van der Waals surface area contributed by atoms with E-state index in [-0.39, 0.29) is 11.4 Å². The molecule has 1 fully saturated rings. The maximum absolute atomic E-state index is 13.3. The van der Waals surface area contributed by atoms with Gasteiger partial charge >= 0.3 is 0 Å². The van der Waals surface area contributed by atoms with Crippen molar-refractivity contribution < 1.29 is 4.39 Å². The topological polar surface area (TPSA) is 29.3 Å². The number of halogens is 1. The van der Waals surface area contributed by atoms with E-state index in [1.54, 1.807) is 12.1 Å². The van der Waals surface area contributed by atoms with Gasteiger partial charge in [-0.15, -0.1) is 0 Å². The van der Waals surface area contributed by atoms with Crippen molar-refractivity contribution in [1.82, 2.24) is 4.90 Å². The Morgan fingerprint density at radius 3 is 2.68 bits per heavy atom. The van der Waals surface area contributed by atoms with Gasteiger partial charge in [0.05, 0.1) is 0 Å². The number of nitrogens with two attached hydrogens (primary N) is 1. The van der Waals surface area contributed by atoms with Crippen LogP contribution in [-0.4, -0.2) is 29.6 Å². The predicted molar refractivity (Wildman–Crippen MR) is 77.5 cm³/mol. The summed E-state index contributed by atoms with van der Waals surface area (Å²) in [5.74, 6) is 0.549. The first-order valence-corrected chi connectivity index (χ1v) is 7.16. The number of hydrogen-bond acceptors (Lipinski definition) is 2. The standard InChI is InChI=1S/C16H25FN2/c1-12-7-13(2)19(10-12)16(3,11-18)9-14-5-4-6-15(17)8-14/h4-6,8,12-13H,7,9-11,18H2,1-3H3. The highest BCUT2D eigenvalue weighted by molar-refractivity contribution is 5.19. The molecule has 2 N–H and O–H groups in total. The molecule has 3 atom stereocenters. The zero-order valence-corrected chi connectivity index (χ0v) is 12.2. The van der Waals surface area contributed by atoms with E-state index in [0.717, 1.165) is 18.5 Å². The lowest BCUT2D eigenvalue weighted by molar-refractivity contribution is 0.101. The first kappa shape index (κ1) is 14.5. The average molecular weight is 264 g/mol. The van der Waals surface area contributed by atoms with Gasteiger partial charge in [0.25, 0.3) is 0 Å². The van der Waals surface area contributed by atoms with E-state index >= 15 is 0 Å². The van der Waals surface area contributed by atoms with Crippen LogP contribution in [0.2, 0.25) is 0 Å². The minimum absolute atomic E-state index is 0.0853. The first-order valence-electron chi connectivity index (χ1n) is 7.16. The van der Waals surface area contributed by atoms with Gasteiger partial charge in [0.2, 0.25) is 0 Å². The fourth-order valence-electron chi connectivity index (χ4n) is 3.43. The molecule has 0 saturated carbocycles. The highest BCUT2D eigenvalue weighted by Crippen LogP contribution is 2.31. The zero-order valence-electron chi connectivity index (χ0n) is 12.2. The third-order valence-corrected chi connectivity index (χ3v) is 4.39. The lowest BCUT2D eigenvalue weighted by Crippen LogP contribution is -2.54. The van der Waals surface area contributed by atoms with Crippen LogP contribution >= 0.6 is 0 Å². The molecule has 1 aliphatic heterocycles. The summed E-state index contributed by atoms with van der Waals surface area (Å²) < 4.78 is 13.3. The molecular weight excluding hydrogens is 239 g/mol. The number of nitrogens with zero attached hydrogens (tertiary/aromatic N) is 1. The van der Waals surface area contributed by atoms with Crippen molar-refractivity contribution in [2.75, 3.05) is 13.1 Å². The summed E-state index contributed by atoms with van der Waals surface area (Å²) in [5.41, 5.74) is 6.99. The average Bonchev–Trinajstić information content (AvgIpc) is 2.69. The van der Waals surface area contributed by atoms with Crippen LogP contribution < -0.4 is 5.73 Å². The Hall–Kier alpha value is -0.930. The maximum atomic E-state index is 13.3. The third kappa shape index (κ3) is 3.15. The lowest BCUT2D eigenvalue weighted by Gasteiger charge is -2.41. The molecule has 1 heterocycles. The number of likely N-dealkylation sites (tertiary alicyclic amines) is 1. The van der Waals surface area contributed by atoms with Crippen LogP contribution in [0.1, 0.15) is 32.8 Å². The van der Waals surface area contributed by atoms with Crippen LogP contribution in [0.4, 0.5) is 4.39 Å². The smallest absolute Gasteiger partial charge is 0.123 e. The fraction of sp³-hybridized carbons (Fsp3) is 0.625.